The zero-order chi connectivity index (χ0) is 28.0. The number of nitrogens with one attached hydrogen (secondary N) is 1. The summed E-state index contributed by atoms with van der Waals surface area (Å²) in [6, 6.07) is 8.13. The monoisotopic (exact) mass is 570 g/mol. The molecule has 2 N–H and O–H groups in total. The van der Waals surface area contributed by atoms with Crippen LogP contribution >= 0.6 is 23.2 Å². The first-order chi connectivity index (χ1) is 17.7. The van der Waals surface area contributed by atoms with Crippen LogP contribution in [0, 0.1) is 0 Å². The first kappa shape index (κ1) is 27.3. The van der Waals surface area contributed by atoms with E-state index >= 15 is 0 Å². The van der Waals surface area contributed by atoms with Crippen molar-refractivity contribution in [3.63, 3.8) is 0 Å². The summed E-state index contributed by atoms with van der Waals surface area (Å²) < 4.78 is 42.9. The van der Waals surface area contributed by atoms with Gasteiger partial charge in [-0.2, -0.15) is 0 Å². The van der Waals surface area contributed by atoms with Crippen molar-refractivity contribution in [2.45, 2.75) is 38.2 Å². The number of aromatic nitrogens is 2. The molecule has 0 radical (unpaired) electrons. The molecule has 14 heteroatoms. The molecule has 1 aliphatic rings. The smallest absolute Gasteiger partial charge is 0.480 e. The summed E-state index contributed by atoms with van der Waals surface area (Å²) in [4.78, 5) is 43.7. The number of carboxylic acid groups (broad SMARTS) is 1. The van der Waals surface area contributed by atoms with E-state index in [0.717, 1.165) is 12.1 Å². The molecular formula is C24H19Cl2F3N4O5. The summed E-state index contributed by atoms with van der Waals surface area (Å²) in [5.41, 5.74) is -0.891. The van der Waals surface area contributed by atoms with Crippen LogP contribution in [-0.2, 0) is 21.5 Å². The number of aliphatic carboxylic acids is 1. The van der Waals surface area contributed by atoms with Crippen molar-refractivity contribution in [3.05, 3.63) is 70.0 Å². The Labute approximate surface area is 223 Å². The fourth-order valence-corrected chi connectivity index (χ4v) is 4.68. The topological polar surface area (TPSA) is 114 Å². The molecule has 0 fully saturated rings. The zero-order valence-corrected chi connectivity index (χ0v) is 21.2. The lowest BCUT2D eigenvalue weighted by Crippen LogP contribution is -2.44. The van der Waals surface area contributed by atoms with E-state index in [1.807, 2.05) is 0 Å². The van der Waals surface area contributed by atoms with Crippen LogP contribution in [0.15, 0.2) is 48.7 Å². The fourth-order valence-electron chi connectivity index (χ4n) is 4.17. The van der Waals surface area contributed by atoms with E-state index in [0.29, 0.717) is 5.56 Å². The molecule has 0 spiro atoms. The van der Waals surface area contributed by atoms with E-state index in [1.54, 1.807) is 0 Å². The van der Waals surface area contributed by atoms with Gasteiger partial charge in [0.15, 0.2) is 0 Å². The van der Waals surface area contributed by atoms with Gasteiger partial charge in [-0.25, -0.2) is 9.88 Å². The molecule has 2 heterocycles. The number of anilines is 2. The number of nitrogens with zero attached hydrogens (tertiary/aromatic N) is 3. The molecule has 3 aromatic rings. The SMILES string of the molecule is C[C@H](NC(=O)c1cnc2n1[C@](C)(Cc1ccc(OC(F)(F)F)cc1)C(=O)N2c1cc(Cl)cc(Cl)c1)C(=O)O. The summed E-state index contributed by atoms with van der Waals surface area (Å²) in [7, 11) is 0. The number of hydrogen-bond acceptors (Lipinski definition) is 5. The number of carbonyl (C=O) groups is 3. The van der Waals surface area contributed by atoms with Crippen molar-refractivity contribution in [1.29, 1.82) is 0 Å². The first-order valence-corrected chi connectivity index (χ1v) is 11.7. The van der Waals surface area contributed by atoms with Gasteiger partial charge in [-0.05, 0) is 49.7 Å². The van der Waals surface area contributed by atoms with Gasteiger partial charge in [-0.15, -0.1) is 13.2 Å². The zero-order valence-electron chi connectivity index (χ0n) is 19.7. The highest BCUT2D eigenvalue weighted by Gasteiger charge is 2.51. The highest BCUT2D eigenvalue weighted by molar-refractivity contribution is 6.35. The quantitative estimate of drug-likeness (QED) is 0.416. The minimum Gasteiger partial charge on any atom is -0.480 e. The predicted octanol–water partition coefficient (Wildman–Crippen LogP) is 4.93. The van der Waals surface area contributed by atoms with Crippen molar-refractivity contribution in [1.82, 2.24) is 14.9 Å². The predicted molar refractivity (Wildman–Crippen MR) is 131 cm³/mol. The van der Waals surface area contributed by atoms with E-state index in [1.165, 1.54) is 59.8 Å². The molecule has 0 saturated heterocycles. The minimum absolute atomic E-state index is 0.0426. The molecule has 0 saturated carbocycles. The van der Waals surface area contributed by atoms with Crippen LogP contribution in [0.3, 0.4) is 0 Å². The summed E-state index contributed by atoms with van der Waals surface area (Å²) >= 11 is 12.3. The van der Waals surface area contributed by atoms with E-state index in [2.05, 4.69) is 15.0 Å². The van der Waals surface area contributed by atoms with Gasteiger partial charge < -0.3 is 15.2 Å². The van der Waals surface area contributed by atoms with E-state index in [-0.39, 0.29) is 33.8 Å². The van der Waals surface area contributed by atoms with Crippen LogP contribution in [0.4, 0.5) is 24.8 Å². The third kappa shape index (κ3) is 5.27. The first-order valence-electron chi connectivity index (χ1n) is 11.0. The summed E-state index contributed by atoms with van der Waals surface area (Å²) in [5.74, 6) is -2.99. The number of imidazole rings is 1. The average molecular weight is 571 g/mol. The number of fused-ring (bicyclic) bond motifs is 1. The Balaban J connectivity index is 1.79. The lowest BCUT2D eigenvalue weighted by Gasteiger charge is -2.27. The molecule has 0 unspecified atom stereocenters. The molecule has 0 bridgehead atoms. The molecule has 4 rings (SSSR count). The Bertz CT molecular complexity index is 1410. The molecule has 2 aromatic carbocycles. The van der Waals surface area contributed by atoms with Gasteiger partial charge in [0.05, 0.1) is 11.9 Å². The fraction of sp³-hybridized carbons (Fsp3) is 0.250. The normalized spacial score (nSPS) is 17.8. The van der Waals surface area contributed by atoms with Crippen LogP contribution < -0.4 is 15.0 Å². The molecule has 1 aliphatic heterocycles. The highest BCUT2D eigenvalue weighted by atomic mass is 35.5. The second-order valence-corrected chi connectivity index (χ2v) is 9.60. The van der Waals surface area contributed by atoms with Gasteiger partial charge >= 0.3 is 12.3 Å². The number of amides is 2. The molecule has 38 heavy (non-hydrogen) atoms. The van der Waals surface area contributed by atoms with Gasteiger partial charge in [-0.1, -0.05) is 35.3 Å². The maximum atomic E-state index is 13.9. The second-order valence-electron chi connectivity index (χ2n) is 8.72. The van der Waals surface area contributed by atoms with Crippen molar-refractivity contribution in [2.75, 3.05) is 4.90 Å². The van der Waals surface area contributed by atoms with Gasteiger partial charge in [-0.3, -0.25) is 19.0 Å². The van der Waals surface area contributed by atoms with Crippen LogP contribution in [0.1, 0.15) is 29.9 Å². The molecule has 1 aromatic heterocycles. The largest absolute Gasteiger partial charge is 0.573 e. The van der Waals surface area contributed by atoms with Crippen molar-refractivity contribution in [3.8, 4) is 5.75 Å². The Morgan fingerprint density at radius 1 is 1.16 bits per heavy atom. The third-order valence-corrected chi connectivity index (χ3v) is 6.30. The van der Waals surface area contributed by atoms with Gasteiger partial charge in [0.1, 0.15) is 23.0 Å². The number of alkyl halides is 3. The third-order valence-electron chi connectivity index (χ3n) is 5.86. The van der Waals surface area contributed by atoms with Crippen LogP contribution in [0.5, 0.6) is 5.75 Å². The van der Waals surface area contributed by atoms with Crippen molar-refractivity contribution in [2.24, 2.45) is 0 Å². The summed E-state index contributed by atoms with van der Waals surface area (Å²) in [6.45, 7) is 2.81. The molecule has 2 amide bonds. The molecule has 9 nitrogen and oxygen atoms in total. The number of rotatable bonds is 7. The van der Waals surface area contributed by atoms with Crippen molar-refractivity contribution >= 4 is 52.6 Å². The number of ether oxygens (including phenoxy) is 1. The molecule has 0 aliphatic carbocycles. The van der Waals surface area contributed by atoms with Gasteiger partial charge in [0.2, 0.25) is 5.95 Å². The van der Waals surface area contributed by atoms with Crippen LogP contribution in [0.2, 0.25) is 10.0 Å². The Morgan fingerprint density at radius 3 is 2.32 bits per heavy atom. The maximum absolute atomic E-state index is 13.9. The number of benzene rings is 2. The van der Waals surface area contributed by atoms with E-state index < -0.39 is 41.5 Å². The van der Waals surface area contributed by atoms with Crippen molar-refractivity contribution < 1.29 is 37.4 Å². The molecular weight excluding hydrogens is 552 g/mol. The number of halogens is 5. The lowest BCUT2D eigenvalue weighted by atomic mass is 9.91. The van der Waals surface area contributed by atoms with Crippen LogP contribution in [0.25, 0.3) is 0 Å². The Morgan fingerprint density at radius 2 is 1.76 bits per heavy atom. The Hall–Kier alpha value is -3.77. The summed E-state index contributed by atoms with van der Waals surface area (Å²) in [5, 5.41) is 12.0. The van der Waals surface area contributed by atoms with Gasteiger partial charge in [0.25, 0.3) is 11.8 Å². The van der Waals surface area contributed by atoms with E-state index in [9.17, 15) is 32.7 Å². The standard InChI is InChI=1S/C24H19Cl2F3N4O5/c1-12(20(35)36)31-19(34)18-11-30-22-32(16-8-14(25)7-15(26)9-16)21(37)23(2,33(18)22)10-13-3-5-17(6-4-13)38-24(27,28)29/h3-9,11-12H,10H2,1-2H3,(H,31,34)(H,35,36)/t12-,23+/m0/s1. The Kier molecular flexibility index (Phi) is 7.06. The average Bonchev–Trinajstić information content (AvgIpc) is 3.32. The highest BCUT2D eigenvalue weighted by Crippen LogP contribution is 2.43. The minimum atomic E-state index is -4.87. The van der Waals surface area contributed by atoms with Crippen LogP contribution in [-0.4, -0.2) is 44.8 Å². The molecule has 2 atom stereocenters. The van der Waals surface area contributed by atoms with Gasteiger partial charge in [0, 0.05) is 16.5 Å². The summed E-state index contributed by atoms with van der Waals surface area (Å²) in [6.07, 6.45) is -3.74. The lowest BCUT2D eigenvalue weighted by molar-refractivity contribution is -0.274. The number of carbonyl (C=O) groups excluding carboxylic acids is 2. The number of carboxylic acids is 1. The molecule has 200 valence electrons. The number of hydrogen-bond donors (Lipinski definition) is 2. The maximum Gasteiger partial charge on any atom is 0.573 e. The van der Waals surface area contributed by atoms with E-state index in [4.69, 9.17) is 23.2 Å². The second kappa shape index (κ2) is 9.84.